The minimum absolute atomic E-state index is 0.0331. The highest BCUT2D eigenvalue weighted by molar-refractivity contribution is 5.68. The van der Waals surface area contributed by atoms with Crippen LogP contribution in [-0.4, -0.2) is 19.6 Å². The van der Waals surface area contributed by atoms with Crippen molar-refractivity contribution in [1.29, 1.82) is 5.26 Å². The predicted molar refractivity (Wildman–Crippen MR) is 83.7 cm³/mol. The summed E-state index contributed by atoms with van der Waals surface area (Å²) in [6.07, 6.45) is -8.83. The van der Waals surface area contributed by atoms with Crippen LogP contribution in [0.4, 0.5) is 38.1 Å². The fourth-order valence-electron chi connectivity index (χ4n) is 2.42. The molecule has 0 bridgehead atoms. The Kier molecular flexibility index (Phi) is 4.50. The second-order valence-corrected chi connectivity index (χ2v) is 5.57. The number of nitrogens with two attached hydrogens (primary N) is 1. The molecule has 0 aliphatic carbocycles. The topological polar surface area (TPSA) is 105 Å². The second kappa shape index (κ2) is 6.55. The number of aromatic nitrogens is 4. The van der Waals surface area contributed by atoms with E-state index in [-0.39, 0.29) is 34.6 Å². The molecule has 0 amide bonds. The van der Waals surface area contributed by atoms with Crippen molar-refractivity contribution in [3.8, 4) is 6.07 Å². The number of anilines is 2. The number of nitrogens with zero attached hydrogens (tertiary/aromatic N) is 5. The van der Waals surface area contributed by atoms with Gasteiger partial charge in [0.05, 0.1) is 11.1 Å². The van der Waals surface area contributed by atoms with E-state index in [0.29, 0.717) is 12.1 Å². The smallest absolute Gasteiger partial charge is 0.368 e. The van der Waals surface area contributed by atoms with E-state index in [1.54, 1.807) is 6.07 Å². The SMILES string of the molecule is N#Cc1c(NCc2cc(C(F)(F)F)cc(C(F)(F)F)c2)nn2c(N)ncnc12. The van der Waals surface area contributed by atoms with Crippen molar-refractivity contribution in [3.05, 3.63) is 46.8 Å². The lowest BCUT2D eigenvalue weighted by molar-refractivity contribution is -0.143. The number of halogens is 6. The fourth-order valence-corrected chi connectivity index (χ4v) is 2.42. The summed E-state index contributed by atoms with van der Waals surface area (Å²) in [5.74, 6) is -0.214. The largest absolute Gasteiger partial charge is 0.416 e. The Labute approximate surface area is 152 Å². The summed E-state index contributed by atoms with van der Waals surface area (Å²) in [4.78, 5) is 7.50. The zero-order valence-electron chi connectivity index (χ0n) is 13.6. The maximum absolute atomic E-state index is 12.9. The van der Waals surface area contributed by atoms with Crippen LogP contribution in [0.25, 0.3) is 5.65 Å². The number of fused-ring (bicyclic) bond motifs is 1. The predicted octanol–water partition coefficient (Wildman–Crippen LogP) is 3.23. The number of benzene rings is 1. The first kappa shape index (κ1) is 19.2. The van der Waals surface area contributed by atoms with Crippen molar-refractivity contribution in [2.45, 2.75) is 18.9 Å². The highest BCUT2D eigenvalue weighted by Crippen LogP contribution is 2.36. The van der Waals surface area contributed by atoms with Crippen LogP contribution in [0.5, 0.6) is 0 Å². The summed E-state index contributed by atoms with van der Waals surface area (Å²) in [6, 6.07) is 3.00. The summed E-state index contributed by atoms with van der Waals surface area (Å²) in [5.41, 5.74) is 2.37. The van der Waals surface area contributed by atoms with Crippen LogP contribution >= 0.6 is 0 Å². The van der Waals surface area contributed by atoms with Crippen LogP contribution in [0.3, 0.4) is 0 Å². The van der Waals surface area contributed by atoms with Gasteiger partial charge in [-0.05, 0) is 23.8 Å². The van der Waals surface area contributed by atoms with E-state index in [2.05, 4.69) is 20.4 Å². The highest BCUT2D eigenvalue weighted by atomic mass is 19.4. The first-order valence-electron chi connectivity index (χ1n) is 7.42. The van der Waals surface area contributed by atoms with Gasteiger partial charge in [-0.1, -0.05) is 0 Å². The van der Waals surface area contributed by atoms with E-state index >= 15 is 0 Å². The first-order chi connectivity index (χ1) is 13.0. The monoisotopic (exact) mass is 401 g/mol. The Morgan fingerprint density at radius 3 is 2.18 bits per heavy atom. The Morgan fingerprint density at radius 1 is 1.04 bits per heavy atom. The van der Waals surface area contributed by atoms with Gasteiger partial charge in [0, 0.05) is 6.54 Å². The van der Waals surface area contributed by atoms with Crippen LogP contribution in [0.2, 0.25) is 0 Å². The van der Waals surface area contributed by atoms with Gasteiger partial charge in [0.1, 0.15) is 18.0 Å². The quantitative estimate of drug-likeness (QED) is 0.653. The molecule has 2 aromatic heterocycles. The number of hydrogen-bond donors (Lipinski definition) is 2. The van der Waals surface area contributed by atoms with E-state index in [1.165, 1.54) is 0 Å². The fraction of sp³-hybridized carbons (Fsp3) is 0.200. The Morgan fingerprint density at radius 2 is 1.64 bits per heavy atom. The van der Waals surface area contributed by atoms with Crippen molar-refractivity contribution in [2.24, 2.45) is 0 Å². The summed E-state index contributed by atoms with van der Waals surface area (Å²) in [5, 5.41) is 15.7. The van der Waals surface area contributed by atoms with Gasteiger partial charge in [-0.25, -0.2) is 9.97 Å². The molecule has 0 unspecified atom stereocenters. The first-order valence-corrected chi connectivity index (χ1v) is 7.42. The molecule has 0 saturated heterocycles. The third kappa shape index (κ3) is 3.61. The molecule has 28 heavy (non-hydrogen) atoms. The number of nitrogens with one attached hydrogen (secondary N) is 1. The third-order valence-corrected chi connectivity index (χ3v) is 3.67. The van der Waals surface area contributed by atoms with E-state index < -0.39 is 30.0 Å². The Bertz CT molecular complexity index is 1050. The molecule has 0 atom stereocenters. The van der Waals surface area contributed by atoms with Crippen molar-refractivity contribution in [1.82, 2.24) is 19.6 Å². The van der Waals surface area contributed by atoms with Gasteiger partial charge in [0.15, 0.2) is 11.5 Å². The average Bonchev–Trinajstić information content (AvgIpc) is 2.97. The van der Waals surface area contributed by atoms with E-state index in [1.807, 2.05) is 0 Å². The molecule has 2 heterocycles. The zero-order valence-corrected chi connectivity index (χ0v) is 13.6. The Hall–Kier alpha value is -3.56. The molecule has 0 fully saturated rings. The molecule has 13 heteroatoms. The maximum Gasteiger partial charge on any atom is 0.416 e. The average molecular weight is 401 g/mol. The molecular weight excluding hydrogens is 392 g/mol. The molecule has 3 aromatic rings. The standard InChI is InChI=1S/C15H9F6N7/c16-14(17,18)8-1-7(2-9(3-8)15(19,20)21)5-24-11-10(4-22)12-25-6-26-13(23)28(12)27-11/h1-3,6H,5H2,(H,24,27)(H2,23,25,26). The molecule has 0 radical (unpaired) electrons. The molecule has 0 aliphatic heterocycles. The summed E-state index contributed by atoms with van der Waals surface area (Å²) >= 11 is 0. The molecular formula is C15H9F6N7. The summed E-state index contributed by atoms with van der Waals surface area (Å²) in [6.45, 7) is -0.459. The van der Waals surface area contributed by atoms with Gasteiger partial charge in [0.25, 0.3) is 0 Å². The summed E-state index contributed by atoms with van der Waals surface area (Å²) in [7, 11) is 0. The van der Waals surface area contributed by atoms with E-state index in [9.17, 15) is 31.6 Å². The van der Waals surface area contributed by atoms with Crippen LogP contribution < -0.4 is 11.1 Å². The molecule has 0 spiro atoms. The van der Waals surface area contributed by atoms with Crippen LogP contribution in [-0.2, 0) is 18.9 Å². The van der Waals surface area contributed by atoms with Crippen molar-refractivity contribution in [3.63, 3.8) is 0 Å². The number of alkyl halides is 6. The van der Waals surface area contributed by atoms with Crippen LogP contribution in [0.15, 0.2) is 24.5 Å². The van der Waals surface area contributed by atoms with Crippen molar-refractivity contribution in [2.75, 3.05) is 11.1 Å². The maximum atomic E-state index is 12.9. The van der Waals surface area contributed by atoms with Gasteiger partial charge >= 0.3 is 12.4 Å². The van der Waals surface area contributed by atoms with Crippen molar-refractivity contribution < 1.29 is 26.3 Å². The molecule has 0 aliphatic rings. The lowest BCUT2D eigenvalue weighted by Gasteiger charge is -2.14. The second-order valence-electron chi connectivity index (χ2n) is 5.57. The summed E-state index contributed by atoms with van der Waals surface area (Å²) < 4.78 is 78.6. The number of nitrogen functional groups attached to an aromatic ring is 1. The number of rotatable bonds is 3. The third-order valence-electron chi connectivity index (χ3n) is 3.67. The van der Waals surface area contributed by atoms with Gasteiger partial charge in [-0.3, -0.25) is 0 Å². The lowest BCUT2D eigenvalue weighted by Crippen LogP contribution is -2.13. The molecule has 1 aromatic carbocycles. The van der Waals surface area contributed by atoms with Gasteiger partial charge < -0.3 is 11.1 Å². The normalized spacial score (nSPS) is 12.2. The number of hydrogen-bond acceptors (Lipinski definition) is 6. The van der Waals surface area contributed by atoms with E-state index in [4.69, 9.17) is 5.73 Å². The molecule has 3 rings (SSSR count). The molecule has 146 valence electrons. The van der Waals surface area contributed by atoms with Gasteiger partial charge in [-0.2, -0.15) is 36.1 Å². The van der Waals surface area contributed by atoms with Gasteiger partial charge in [0.2, 0.25) is 5.95 Å². The van der Waals surface area contributed by atoms with Gasteiger partial charge in [-0.15, -0.1) is 5.10 Å². The van der Waals surface area contributed by atoms with E-state index in [0.717, 1.165) is 10.8 Å². The molecule has 3 N–H and O–H groups in total. The minimum Gasteiger partial charge on any atom is -0.368 e. The highest BCUT2D eigenvalue weighted by Gasteiger charge is 2.36. The Balaban J connectivity index is 1.98. The molecule has 0 saturated carbocycles. The lowest BCUT2D eigenvalue weighted by atomic mass is 10.0. The minimum atomic E-state index is -4.96. The van der Waals surface area contributed by atoms with Crippen LogP contribution in [0, 0.1) is 11.3 Å². The number of nitriles is 1. The van der Waals surface area contributed by atoms with Crippen LogP contribution in [0.1, 0.15) is 22.3 Å². The molecule has 7 nitrogen and oxygen atoms in total. The zero-order chi connectivity index (χ0) is 20.7. The van der Waals surface area contributed by atoms with Crippen molar-refractivity contribution >= 4 is 17.4 Å².